The van der Waals surface area contributed by atoms with Crippen LogP contribution in [0.2, 0.25) is 0 Å². The first-order valence-electron chi connectivity index (χ1n) is 5.05. The van der Waals surface area contributed by atoms with E-state index in [2.05, 4.69) is 26.2 Å². The number of pyridine rings is 1. The van der Waals surface area contributed by atoms with Crippen LogP contribution < -0.4 is 5.32 Å². The summed E-state index contributed by atoms with van der Waals surface area (Å²) < 4.78 is 13.2. The summed E-state index contributed by atoms with van der Waals surface area (Å²) in [5, 5.41) is 2.73. The van der Waals surface area contributed by atoms with Gasteiger partial charge in [0.1, 0.15) is 0 Å². The predicted molar refractivity (Wildman–Crippen MR) is 64.1 cm³/mol. The van der Waals surface area contributed by atoms with Gasteiger partial charge in [0.25, 0.3) is 5.91 Å². The molecule has 3 nitrogen and oxygen atoms in total. The van der Waals surface area contributed by atoms with Gasteiger partial charge < -0.3 is 5.32 Å². The highest BCUT2D eigenvalue weighted by Gasteiger charge is 2.14. The molecule has 88 valence electrons. The fourth-order valence-electron chi connectivity index (χ4n) is 1.41. The second-order valence-electron chi connectivity index (χ2n) is 3.75. The summed E-state index contributed by atoms with van der Waals surface area (Å²) in [6.07, 6.45) is 3.22. The highest BCUT2D eigenvalue weighted by molar-refractivity contribution is 9.09. The van der Waals surface area contributed by atoms with Gasteiger partial charge in [-0.2, -0.15) is 0 Å². The first-order chi connectivity index (χ1) is 7.50. The van der Waals surface area contributed by atoms with Crippen molar-refractivity contribution < 1.29 is 9.18 Å². The molecule has 0 bridgehead atoms. The van der Waals surface area contributed by atoms with Gasteiger partial charge in [-0.3, -0.25) is 9.78 Å². The Morgan fingerprint density at radius 1 is 1.62 bits per heavy atom. The van der Waals surface area contributed by atoms with Crippen molar-refractivity contribution in [1.82, 2.24) is 10.3 Å². The fourth-order valence-corrected chi connectivity index (χ4v) is 1.97. The molecular weight excluding hydrogens is 275 g/mol. The molecule has 16 heavy (non-hydrogen) atoms. The number of nitrogens with zero attached hydrogens (tertiary/aromatic N) is 1. The third kappa shape index (κ3) is 3.89. The largest absolute Gasteiger partial charge is 0.349 e. The Morgan fingerprint density at radius 2 is 2.31 bits per heavy atom. The molecule has 5 heteroatoms. The van der Waals surface area contributed by atoms with Crippen LogP contribution in [-0.2, 0) is 0 Å². The van der Waals surface area contributed by atoms with Gasteiger partial charge in [-0.25, -0.2) is 4.39 Å². The van der Waals surface area contributed by atoms with Crippen LogP contribution in [0, 0.1) is 5.82 Å². The number of nitrogens with one attached hydrogen (secondary N) is 1. The highest BCUT2D eigenvalue weighted by Crippen LogP contribution is 2.09. The molecule has 0 aliphatic carbocycles. The number of amides is 1. The fraction of sp³-hybridized carbons (Fsp3) is 0.455. The van der Waals surface area contributed by atoms with E-state index in [0.717, 1.165) is 12.6 Å². The van der Waals surface area contributed by atoms with Gasteiger partial charge in [-0.15, -0.1) is 0 Å². The molecule has 0 saturated carbocycles. The second-order valence-corrected chi connectivity index (χ2v) is 5.31. The predicted octanol–water partition coefficient (Wildman–Crippen LogP) is 2.51. The Balaban J connectivity index is 2.63. The molecule has 0 fully saturated rings. The number of carbonyl (C=O) groups excluding carboxylic acids is 1. The zero-order chi connectivity index (χ0) is 12.1. The maximum absolute atomic E-state index is 13.2. The summed E-state index contributed by atoms with van der Waals surface area (Å²) in [5.74, 6) is -1.00. The first-order valence-corrected chi connectivity index (χ1v) is 5.96. The lowest BCUT2D eigenvalue weighted by molar-refractivity contribution is 0.0934. The van der Waals surface area contributed by atoms with Gasteiger partial charge in [0.05, 0.1) is 11.8 Å². The Kier molecular flexibility index (Phi) is 4.86. The van der Waals surface area contributed by atoms with Crippen LogP contribution in [0.3, 0.4) is 0 Å². The minimum atomic E-state index is -0.598. The third-order valence-corrected chi connectivity index (χ3v) is 2.45. The van der Waals surface area contributed by atoms with E-state index in [4.69, 9.17) is 0 Å². The summed E-state index contributed by atoms with van der Waals surface area (Å²) in [4.78, 5) is 15.6. The van der Waals surface area contributed by atoms with E-state index in [1.54, 1.807) is 0 Å². The number of aromatic nitrogens is 1. The highest BCUT2D eigenvalue weighted by atomic mass is 79.9. The normalized spacial score (nSPS) is 14.2. The molecule has 1 rings (SSSR count). The van der Waals surface area contributed by atoms with E-state index in [9.17, 15) is 9.18 Å². The summed E-state index contributed by atoms with van der Waals surface area (Å²) in [6.45, 7) is 3.88. The summed E-state index contributed by atoms with van der Waals surface area (Å²) >= 11 is 3.40. The molecule has 0 saturated heterocycles. The SMILES string of the molecule is CC(Br)CC(C)NC(=O)c1ccncc1F. The monoisotopic (exact) mass is 288 g/mol. The Morgan fingerprint density at radius 3 is 2.88 bits per heavy atom. The standard InChI is InChI=1S/C11H14BrFN2O/c1-7(12)5-8(2)15-11(16)9-3-4-14-6-10(9)13/h3-4,6-8H,5H2,1-2H3,(H,15,16). The maximum atomic E-state index is 13.2. The van der Waals surface area contributed by atoms with E-state index in [-0.39, 0.29) is 11.6 Å². The van der Waals surface area contributed by atoms with Crippen LogP contribution in [0.4, 0.5) is 4.39 Å². The number of rotatable bonds is 4. The molecule has 1 heterocycles. The van der Waals surface area contributed by atoms with Crippen molar-refractivity contribution in [3.05, 3.63) is 29.8 Å². The minimum absolute atomic E-state index is 0.00515. The Bertz CT molecular complexity index is 371. The van der Waals surface area contributed by atoms with Gasteiger partial charge in [0, 0.05) is 17.1 Å². The van der Waals surface area contributed by atoms with Crippen molar-refractivity contribution in [2.24, 2.45) is 0 Å². The van der Waals surface area contributed by atoms with Gasteiger partial charge in [-0.05, 0) is 19.4 Å². The van der Waals surface area contributed by atoms with Crippen molar-refractivity contribution >= 4 is 21.8 Å². The first kappa shape index (κ1) is 13.1. The van der Waals surface area contributed by atoms with Crippen molar-refractivity contribution in [2.75, 3.05) is 0 Å². The van der Waals surface area contributed by atoms with Crippen LogP contribution in [0.5, 0.6) is 0 Å². The zero-order valence-electron chi connectivity index (χ0n) is 9.21. The number of halogens is 2. The smallest absolute Gasteiger partial charge is 0.254 e. The van der Waals surface area contributed by atoms with Gasteiger partial charge in [0.15, 0.2) is 5.82 Å². The van der Waals surface area contributed by atoms with Crippen molar-refractivity contribution in [3.8, 4) is 0 Å². The molecule has 2 unspecified atom stereocenters. The molecule has 1 aromatic heterocycles. The second kappa shape index (κ2) is 5.94. The lowest BCUT2D eigenvalue weighted by atomic mass is 10.1. The molecule has 0 spiro atoms. The number of hydrogen-bond donors (Lipinski definition) is 1. The van der Waals surface area contributed by atoms with Crippen LogP contribution in [0.25, 0.3) is 0 Å². The average molecular weight is 289 g/mol. The molecule has 0 aliphatic rings. The van der Waals surface area contributed by atoms with Crippen molar-refractivity contribution in [3.63, 3.8) is 0 Å². The third-order valence-electron chi connectivity index (χ3n) is 2.07. The molecule has 1 aromatic rings. The van der Waals surface area contributed by atoms with Crippen molar-refractivity contribution in [1.29, 1.82) is 0 Å². The lowest BCUT2D eigenvalue weighted by Gasteiger charge is -2.15. The number of alkyl halides is 1. The van der Waals surface area contributed by atoms with E-state index < -0.39 is 11.7 Å². The Labute approximate surface area is 103 Å². The molecule has 0 aliphatic heterocycles. The molecule has 2 atom stereocenters. The molecular formula is C11H14BrFN2O. The lowest BCUT2D eigenvalue weighted by Crippen LogP contribution is -2.34. The van der Waals surface area contributed by atoms with Crippen LogP contribution in [0.1, 0.15) is 30.6 Å². The summed E-state index contributed by atoms with van der Waals surface area (Å²) in [6, 6.07) is 1.36. The average Bonchev–Trinajstić information content (AvgIpc) is 2.16. The van der Waals surface area contributed by atoms with E-state index in [0.29, 0.717) is 4.83 Å². The summed E-state index contributed by atoms with van der Waals surface area (Å²) in [7, 11) is 0. The maximum Gasteiger partial charge on any atom is 0.254 e. The van der Waals surface area contributed by atoms with E-state index in [1.165, 1.54) is 12.3 Å². The molecule has 1 N–H and O–H groups in total. The topological polar surface area (TPSA) is 42.0 Å². The summed E-state index contributed by atoms with van der Waals surface area (Å²) in [5.41, 5.74) is 0.0316. The quantitative estimate of drug-likeness (QED) is 0.865. The molecule has 0 radical (unpaired) electrons. The Hall–Kier alpha value is -0.970. The van der Waals surface area contributed by atoms with Gasteiger partial charge >= 0.3 is 0 Å². The number of hydrogen-bond acceptors (Lipinski definition) is 2. The van der Waals surface area contributed by atoms with E-state index in [1.807, 2.05) is 13.8 Å². The van der Waals surface area contributed by atoms with E-state index >= 15 is 0 Å². The van der Waals surface area contributed by atoms with Gasteiger partial charge in [0.2, 0.25) is 0 Å². The molecule has 0 aromatic carbocycles. The zero-order valence-corrected chi connectivity index (χ0v) is 10.8. The van der Waals surface area contributed by atoms with Crippen LogP contribution in [-0.4, -0.2) is 21.8 Å². The van der Waals surface area contributed by atoms with Crippen LogP contribution in [0.15, 0.2) is 18.5 Å². The van der Waals surface area contributed by atoms with Crippen LogP contribution >= 0.6 is 15.9 Å². The van der Waals surface area contributed by atoms with Gasteiger partial charge in [-0.1, -0.05) is 22.9 Å². The molecule has 1 amide bonds. The van der Waals surface area contributed by atoms with Crippen molar-refractivity contribution in [2.45, 2.75) is 31.1 Å². The number of carbonyl (C=O) groups is 1. The minimum Gasteiger partial charge on any atom is -0.349 e.